The molecule has 1 aliphatic rings. The van der Waals surface area contributed by atoms with E-state index in [2.05, 4.69) is 17.2 Å². The molecule has 0 aromatic carbocycles. The maximum atomic E-state index is 11.8. The van der Waals surface area contributed by atoms with E-state index >= 15 is 0 Å². The third kappa shape index (κ3) is 3.98. The maximum absolute atomic E-state index is 11.8. The molecule has 2 unspecified atom stereocenters. The van der Waals surface area contributed by atoms with Crippen LogP contribution in [0.2, 0.25) is 0 Å². The lowest BCUT2D eigenvalue weighted by Crippen LogP contribution is -2.61. The van der Waals surface area contributed by atoms with Crippen molar-refractivity contribution in [2.24, 2.45) is 5.92 Å². The van der Waals surface area contributed by atoms with Gasteiger partial charge in [0.15, 0.2) is 0 Å². The molecule has 2 atom stereocenters. The topological polar surface area (TPSA) is 78.4 Å². The lowest BCUT2D eigenvalue weighted by atomic mass is 9.73. The van der Waals surface area contributed by atoms with Gasteiger partial charge in [0.2, 0.25) is 0 Å². The molecular formula is C14H24N2O3. The normalized spacial score (nSPS) is 26.5. The van der Waals surface area contributed by atoms with E-state index in [4.69, 9.17) is 0 Å². The Balaban J connectivity index is 2.60. The summed E-state index contributed by atoms with van der Waals surface area (Å²) < 4.78 is 0. The number of carboxylic acids is 1. The molecule has 1 fully saturated rings. The first-order valence-corrected chi connectivity index (χ1v) is 6.82. The first-order chi connectivity index (χ1) is 8.88. The Hall–Kier alpha value is -1.52. The number of aliphatic carboxylic acids is 1. The van der Waals surface area contributed by atoms with E-state index < -0.39 is 17.5 Å². The minimum Gasteiger partial charge on any atom is -0.479 e. The number of amides is 2. The molecule has 1 rings (SSSR count). The quantitative estimate of drug-likeness (QED) is 0.669. The zero-order chi connectivity index (χ0) is 14.5. The number of hydrogen-bond donors (Lipinski definition) is 3. The fourth-order valence-electron chi connectivity index (χ4n) is 2.54. The first kappa shape index (κ1) is 15.5. The summed E-state index contributed by atoms with van der Waals surface area (Å²) in [5.74, 6) is -0.986. The molecule has 0 bridgehead atoms. The molecule has 108 valence electrons. The van der Waals surface area contributed by atoms with Crippen LogP contribution in [0, 0.1) is 5.92 Å². The molecule has 5 nitrogen and oxygen atoms in total. The second-order valence-corrected chi connectivity index (χ2v) is 5.51. The number of hydrogen-bond acceptors (Lipinski definition) is 2. The lowest BCUT2D eigenvalue weighted by Gasteiger charge is -2.39. The molecule has 0 heterocycles. The molecule has 1 aliphatic carbocycles. The van der Waals surface area contributed by atoms with Crippen molar-refractivity contribution in [3.63, 3.8) is 0 Å². The Bertz CT molecular complexity index is 368. The molecule has 19 heavy (non-hydrogen) atoms. The summed E-state index contributed by atoms with van der Waals surface area (Å²) in [4.78, 5) is 23.4. The van der Waals surface area contributed by atoms with Crippen molar-refractivity contribution in [1.82, 2.24) is 10.6 Å². The van der Waals surface area contributed by atoms with Crippen molar-refractivity contribution in [2.45, 2.75) is 51.5 Å². The average Bonchev–Trinajstić information content (AvgIpc) is 2.31. The Morgan fingerprint density at radius 2 is 2.11 bits per heavy atom. The predicted molar refractivity (Wildman–Crippen MR) is 74.0 cm³/mol. The van der Waals surface area contributed by atoms with Gasteiger partial charge < -0.3 is 15.7 Å². The molecule has 1 saturated carbocycles. The predicted octanol–water partition coefficient (Wildman–Crippen LogP) is 2.29. The Morgan fingerprint density at radius 3 is 2.63 bits per heavy atom. The van der Waals surface area contributed by atoms with Crippen LogP contribution in [-0.2, 0) is 4.79 Å². The monoisotopic (exact) mass is 268 g/mol. The summed E-state index contributed by atoms with van der Waals surface area (Å²) in [5.41, 5.74) is -0.134. The van der Waals surface area contributed by atoms with Crippen LogP contribution in [0.5, 0.6) is 0 Å². The summed E-state index contributed by atoms with van der Waals surface area (Å²) in [6.07, 6.45) is 3.89. The number of carbonyl (C=O) groups excluding carboxylic acids is 1. The Kier molecular flexibility index (Phi) is 5.39. The van der Waals surface area contributed by atoms with E-state index in [1.807, 2.05) is 13.8 Å². The zero-order valence-corrected chi connectivity index (χ0v) is 11.8. The number of rotatable bonds is 5. The smallest absolute Gasteiger partial charge is 0.329 e. The van der Waals surface area contributed by atoms with Gasteiger partial charge in [-0.05, 0) is 32.1 Å². The molecule has 0 aromatic heterocycles. The highest BCUT2D eigenvalue weighted by Crippen LogP contribution is 2.33. The lowest BCUT2D eigenvalue weighted by molar-refractivity contribution is -0.148. The molecule has 0 radical (unpaired) electrons. The van der Waals surface area contributed by atoms with Crippen LogP contribution < -0.4 is 10.6 Å². The summed E-state index contributed by atoms with van der Waals surface area (Å²) >= 11 is 0. The molecular weight excluding hydrogens is 244 g/mol. The summed E-state index contributed by atoms with van der Waals surface area (Å²) in [7, 11) is 0. The van der Waals surface area contributed by atoms with Crippen molar-refractivity contribution in [2.75, 3.05) is 6.54 Å². The van der Waals surface area contributed by atoms with Gasteiger partial charge in [-0.1, -0.05) is 25.3 Å². The van der Waals surface area contributed by atoms with Crippen LogP contribution in [0.3, 0.4) is 0 Å². The average molecular weight is 268 g/mol. The van der Waals surface area contributed by atoms with Gasteiger partial charge in [-0.2, -0.15) is 0 Å². The van der Waals surface area contributed by atoms with E-state index in [1.54, 1.807) is 0 Å². The fourth-order valence-corrected chi connectivity index (χ4v) is 2.54. The highest BCUT2D eigenvalue weighted by Gasteiger charge is 2.46. The second-order valence-electron chi connectivity index (χ2n) is 5.51. The van der Waals surface area contributed by atoms with E-state index in [0.29, 0.717) is 19.4 Å². The zero-order valence-electron chi connectivity index (χ0n) is 11.8. The van der Waals surface area contributed by atoms with Gasteiger partial charge in [0.1, 0.15) is 5.54 Å². The first-order valence-electron chi connectivity index (χ1n) is 6.82. The second kappa shape index (κ2) is 6.59. The van der Waals surface area contributed by atoms with Crippen LogP contribution in [0.15, 0.2) is 12.2 Å². The maximum Gasteiger partial charge on any atom is 0.329 e. The van der Waals surface area contributed by atoms with Gasteiger partial charge in [-0.15, -0.1) is 6.58 Å². The molecule has 0 aliphatic heterocycles. The third-order valence-corrected chi connectivity index (χ3v) is 3.86. The third-order valence-electron chi connectivity index (χ3n) is 3.86. The van der Waals surface area contributed by atoms with Gasteiger partial charge >= 0.3 is 12.0 Å². The van der Waals surface area contributed by atoms with Crippen molar-refractivity contribution >= 4 is 12.0 Å². The van der Waals surface area contributed by atoms with Gasteiger partial charge in [-0.3, -0.25) is 0 Å². The van der Waals surface area contributed by atoms with E-state index in [1.165, 1.54) is 0 Å². The molecule has 2 amide bonds. The largest absolute Gasteiger partial charge is 0.479 e. The minimum atomic E-state index is -1.12. The Labute approximate surface area is 114 Å². The molecule has 5 heteroatoms. The standard InChI is InChI=1S/C14H24N2O3/c1-10(2)7-9-15-13(19)16-14(12(17)18)8-5-4-6-11(14)3/h11H,1,4-9H2,2-3H3,(H,17,18)(H2,15,16,19). The number of carbonyl (C=O) groups is 2. The van der Waals surface area contributed by atoms with Crippen molar-refractivity contribution in [3.8, 4) is 0 Å². The molecule has 0 aromatic rings. The van der Waals surface area contributed by atoms with Gasteiger partial charge in [-0.25, -0.2) is 9.59 Å². The number of nitrogens with one attached hydrogen (secondary N) is 2. The van der Waals surface area contributed by atoms with Crippen LogP contribution in [0.4, 0.5) is 4.79 Å². The summed E-state index contributed by atoms with van der Waals surface area (Å²) in [6.45, 7) is 8.01. The Morgan fingerprint density at radius 1 is 1.42 bits per heavy atom. The van der Waals surface area contributed by atoms with E-state index in [-0.39, 0.29) is 5.92 Å². The molecule has 0 saturated heterocycles. The van der Waals surface area contributed by atoms with Gasteiger partial charge in [0, 0.05) is 6.54 Å². The van der Waals surface area contributed by atoms with Gasteiger partial charge in [0.25, 0.3) is 0 Å². The highest BCUT2D eigenvalue weighted by molar-refractivity contribution is 5.86. The van der Waals surface area contributed by atoms with Crippen molar-refractivity contribution < 1.29 is 14.7 Å². The van der Waals surface area contributed by atoms with E-state index in [9.17, 15) is 14.7 Å². The number of urea groups is 1. The van der Waals surface area contributed by atoms with E-state index in [0.717, 1.165) is 24.8 Å². The SMILES string of the molecule is C=C(C)CCNC(=O)NC1(C(=O)O)CCCCC1C. The molecule has 0 spiro atoms. The van der Waals surface area contributed by atoms with Crippen LogP contribution in [0.1, 0.15) is 46.0 Å². The fraction of sp³-hybridized carbons (Fsp3) is 0.714. The van der Waals surface area contributed by atoms with Crippen LogP contribution in [0.25, 0.3) is 0 Å². The van der Waals surface area contributed by atoms with Crippen molar-refractivity contribution in [3.05, 3.63) is 12.2 Å². The number of carboxylic acid groups (broad SMARTS) is 1. The van der Waals surface area contributed by atoms with Crippen molar-refractivity contribution in [1.29, 1.82) is 0 Å². The minimum absolute atomic E-state index is 0.0503. The summed E-state index contributed by atoms with van der Waals surface area (Å²) in [6, 6.07) is -0.405. The summed E-state index contributed by atoms with van der Waals surface area (Å²) in [5, 5.41) is 14.8. The van der Waals surface area contributed by atoms with Crippen LogP contribution >= 0.6 is 0 Å². The van der Waals surface area contributed by atoms with Crippen LogP contribution in [-0.4, -0.2) is 29.2 Å². The highest BCUT2D eigenvalue weighted by atomic mass is 16.4. The molecule has 3 N–H and O–H groups in total. The van der Waals surface area contributed by atoms with Gasteiger partial charge in [0.05, 0.1) is 0 Å².